The zero-order valence-corrected chi connectivity index (χ0v) is 17.5. The lowest BCUT2D eigenvalue weighted by atomic mass is 9.81. The van der Waals surface area contributed by atoms with Gasteiger partial charge in [0.2, 0.25) is 0 Å². The van der Waals surface area contributed by atoms with Gasteiger partial charge in [0.1, 0.15) is 0 Å². The van der Waals surface area contributed by atoms with E-state index < -0.39 is 0 Å². The number of nitrogens with zero attached hydrogens (tertiary/aromatic N) is 3. The Morgan fingerprint density at radius 3 is 2.68 bits per heavy atom. The Labute approximate surface area is 168 Å². The van der Waals surface area contributed by atoms with Gasteiger partial charge < -0.3 is 15.0 Å². The fourth-order valence-electron chi connectivity index (χ4n) is 4.79. The molecule has 1 N–H and O–H groups in total. The number of amides is 2. The van der Waals surface area contributed by atoms with Gasteiger partial charge in [-0.3, -0.25) is 9.80 Å². The molecule has 28 heavy (non-hydrogen) atoms. The fraction of sp³-hybridized carbons (Fsp3) is 0.682. The zero-order chi connectivity index (χ0) is 19.8. The third-order valence-electron chi connectivity index (χ3n) is 6.28. The van der Waals surface area contributed by atoms with Gasteiger partial charge in [0.05, 0.1) is 24.8 Å². The molecule has 1 atom stereocenters. The molecule has 3 aliphatic rings. The molecule has 3 saturated heterocycles. The molecular weight excluding hydrogens is 352 g/mol. The Morgan fingerprint density at radius 2 is 1.96 bits per heavy atom. The van der Waals surface area contributed by atoms with Gasteiger partial charge >= 0.3 is 6.03 Å². The molecule has 1 spiro atoms. The van der Waals surface area contributed by atoms with Gasteiger partial charge in [-0.25, -0.2) is 4.79 Å². The van der Waals surface area contributed by atoms with Crippen molar-refractivity contribution in [2.24, 2.45) is 5.41 Å². The summed E-state index contributed by atoms with van der Waals surface area (Å²) < 4.78 is 5.75. The first-order chi connectivity index (χ1) is 13.3. The molecule has 3 fully saturated rings. The summed E-state index contributed by atoms with van der Waals surface area (Å²) in [6.07, 6.45) is 1.20. The molecular formula is C22H34N4O2. The summed E-state index contributed by atoms with van der Waals surface area (Å²) in [6, 6.07) is 10.0. The second kappa shape index (κ2) is 7.65. The lowest BCUT2D eigenvalue weighted by molar-refractivity contribution is -0.157. The van der Waals surface area contributed by atoms with Gasteiger partial charge in [0.15, 0.2) is 0 Å². The third kappa shape index (κ3) is 4.19. The number of likely N-dealkylation sites (tertiary alicyclic amines) is 1. The molecule has 0 bridgehead atoms. The van der Waals surface area contributed by atoms with Gasteiger partial charge in [-0.2, -0.15) is 0 Å². The van der Waals surface area contributed by atoms with Crippen LogP contribution in [0.4, 0.5) is 10.5 Å². The highest BCUT2D eigenvalue weighted by atomic mass is 16.5. The van der Waals surface area contributed by atoms with Crippen molar-refractivity contribution in [3.63, 3.8) is 0 Å². The van der Waals surface area contributed by atoms with Crippen LogP contribution in [0.25, 0.3) is 0 Å². The number of ether oxygens (including phenoxy) is 1. The molecule has 2 amide bonds. The van der Waals surface area contributed by atoms with Gasteiger partial charge in [-0.1, -0.05) is 39.0 Å². The minimum absolute atomic E-state index is 0.00365. The Bertz CT molecular complexity index is 682. The monoisotopic (exact) mass is 386 g/mol. The highest BCUT2D eigenvalue weighted by Crippen LogP contribution is 2.36. The number of morpholine rings is 1. The van der Waals surface area contributed by atoms with E-state index in [9.17, 15) is 4.79 Å². The number of anilines is 1. The normalized spacial score (nSPS) is 25.2. The number of para-hydroxylation sites is 1. The maximum Gasteiger partial charge on any atom is 0.321 e. The highest BCUT2D eigenvalue weighted by molar-refractivity contribution is 5.89. The lowest BCUT2D eigenvalue weighted by Crippen LogP contribution is -2.81. The van der Waals surface area contributed by atoms with Crippen LogP contribution in [0, 0.1) is 5.41 Å². The van der Waals surface area contributed by atoms with Crippen molar-refractivity contribution < 1.29 is 9.53 Å². The molecule has 0 aromatic heterocycles. The predicted octanol–water partition coefficient (Wildman–Crippen LogP) is 2.73. The molecule has 0 unspecified atom stereocenters. The van der Waals surface area contributed by atoms with Crippen LogP contribution in [-0.4, -0.2) is 84.8 Å². The van der Waals surface area contributed by atoms with Crippen molar-refractivity contribution >= 4 is 11.7 Å². The van der Waals surface area contributed by atoms with E-state index in [0.717, 1.165) is 58.2 Å². The first-order valence-electron chi connectivity index (χ1n) is 10.5. The van der Waals surface area contributed by atoms with Gasteiger partial charge in [0, 0.05) is 38.4 Å². The second-order valence-corrected chi connectivity index (χ2v) is 9.84. The molecule has 0 aliphatic carbocycles. The number of carbonyl (C=O) groups is 1. The standard InChI is InChI=1S/C22H34N4O2/c1-21(2,3)9-10-24-15-22(16-24)17-25(13-19-14-28-12-11-26(19)22)20(27)23-18-7-5-4-6-8-18/h4-8,19H,9-17H2,1-3H3,(H,23,27)/t19-/m1/s1. The van der Waals surface area contributed by atoms with Crippen LogP contribution < -0.4 is 5.32 Å². The van der Waals surface area contributed by atoms with Crippen LogP contribution >= 0.6 is 0 Å². The fourth-order valence-corrected chi connectivity index (χ4v) is 4.79. The minimum atomic E-state index is 0.00365. The summed E-state index contributed by atoms with van der Waals surface area (Å²) in [6.45, 7) is 14.2. The van der Waals surface area contributed by atoms with Crippen molar-refractivity contribution in [1.29, 1.82) is 0 Å². The summed E-state index contributed by atoms with van der Waals surface area (Å²) in [5.41, 5.74) is 1.29. The molecule has 6 heteroatoms. The topological polar surface area (TPSA) is 48.1 Å². The number of rotatable bonds is 3. The quantitative estimate of drug-likeness (QED) is 0.868. The maximum absolute atomic E-state index is 13.0. The predicted molar refractivity (Wildman–Crippen MR) is 112 cm³/mol. The van der Waals surface area contributed by atoms with Gasteiger partial charge in [-0.15, -0.1) is 0 Å². The van der Waals surface area contributed by atoms with Crippen LogP contribution in [-0.2, 0) is 4.74 Å². The number of hydrogen-bond acceptors (Lipinski definition) is 4. The van der Waals surface area contributed by atoms with E-state index in [-0.39, 0.29) is 11.6 Å². The Hall–Kier alpha value is -1.63. The average molecular weight is 387 g/mol. The van der Waals surface area contributed by atoms with Crippen LogP contribution in [0.3, 0.4) is 0 Å². The molecule has 0 saturated carbocycles. The van der Waals surface area contributed by atoms with Crippen LogP contribution in [0.5, 0.6) is 0 Å². The van der Waals surface area contributed by atoms with Crippen molar-refractivity contribution in [2.75, 3.05) is 57.8 Å². The van der Waals surface area contributed by atoms with E-state index in [4.69, 9.17) is 4.74 Å². The highest BCUT2D eigenvalue weighted by Gasteiger charge is 2.54. The number of nitrogens with one attached hydrogen (secondary N) is 1. The Kier molecular flexibility index (Phi) is 5.38. The molecule has 6 nitrogen and oxygen atoms in total. The van der Waals surface area contributed by atoms with Crippen LogP contribution in [0.1, 0.15) is 27.2 Å². The molecule has 1 aromatic rings. The average Bonchev–Trinajstić information content (AvgIpc) is 2.64. The zero-order valence-electron chi connectivity index (χ0n) is 17.5. The van der Waals surface area contributed by atoms with Gasteiger partial charge in [0.25, 0.3) is 0 Å². The number of urea groups is 1. The molecule has 3 aliphatic heterocycles. The van der Waals surface area contributed by atoms with E-state index in [1.165, 1.54) is 6.42 Å². The molecule has 3 heterocycles. The van der Waals surface area contributed by atoms with Crippen LogP contribution in [0.2, 0.25) is 0 Å². The number of piperazine rings is 1. The van der Waals surface area contributed by atoms with E-state index in [1.807, 2.05) is 35.2 Å². The molecule has 0 radical (unpaired) electrons. The van der Waals surface area contributed by atoms with Crippen LogP contribution in [0.15, 0.2) is 30.3 Å². The number of benzene rings is 1. The first kappa shape index (κ1) is 19.7. The largest absolute Gasteiger partial charge is 0.378 e. The maximum atomic E-state index is 13.0. The van der Waals surface area contributed by atoms with Crippen molar-refractivity contribution in [3.8, 4) is 0 Å². The minimum Gasteiger partial charge on any atom is -0.378 e. The summed E-state index contributed by atoms with van der Waals surface area (Å²) in [7, 11) is 0. The van der Waals surface area contributed by atoms with Crippen molar-refractivity contribution in [1.82, 2.24) is 14.7 Å². The molecule has 154 valence electrons. The second-order valence-electron chi connectivity index (χ2n) is 9.84. The lowest BCUT2D eigenvalue weighted by Gasteiger charge is -2.63. The SMILES string of the molecule is CC(C)(C)CCN1CC2(C1)CN(C(=O)Nc1ccccc1)C[C@@H]1COCCN12. The van der Waals surface area contributed by atoms with Crippen molar-refractivity contribution in [2.45, 2.75) is 38.8 Å². The summed E-state index contributed by atoms with van der Waals surface area (Å²) in [5.74, 6) is 0. The molecule has 4 rings (SSSR count). The Balaban J connectivity index is 1.43. The van der Waals surface area contributed by atoms with Crippen molar-refractivity contribution in [3.05, 3.63) is 30.3 Å². The molecule has 1 aromatic carbocycles. The summed E-state index contributed by atoms with van der Waals surface area (Å²) in [5, 5.41) is 3.06. The number of hydrogen-bond donors (Lipinski definition) is 1. The summed E-state index contributed by atoms with van der Waals surface area (Å²) >= 11 is 0. The van der Waals surface area contributed by atoms with E-state index >= 15 is 0 Å². The van der Waals surface area contributed by atoms with E-state index in [2.05, 4.69) is 35.9 Å². The number of carbonyl (C=O) groups excluding carboxylic acids is 1. The number of fused-ring (bicyclic) bond motifs is 2. The first-order valence-corrected chi connectivity index (χ1v) is 10.5. The Morgan fingerprint density at radius 1 is 1.21 bits per heavy atom. The van der Waals surface area contributed by atoms with E-state index in [0.29, 0.717) is 11.5 Å². The summed E-state index contributed by atoms with van der Waals surface area (Å²) in [4.78, 5) is 20.1. The third-order valence-corrected chi connectivity index (χ3v) is 6.28. The van der Waals surface area contributed by atoms with E-state index in [1.54, 1.807) is 0 Å². The van der Waals surface area contributed by atoms with Gasteiger partial charge in [-0.05, 0) is 30.5 Å². The smallest absolute Gasteiger partial charge is 0.321 e.